The molecule has 2 aromatic rings. The summed E-state index contributed by atoms with van der Waals surface area (Å²) in [6.07, 6.45) is -3.53. The Morgan fingerprint density at radius 3 is 2.47 bits per heavy atom. The summed E-state index contributed by atoms with van der Waals surface area (Å²) in [7, 11) is 0. The maximum absolute atomic E-state index is 10.6. The number of phenolic OH excluding ortho intramolecular Hbond substituents is 1. The van der Waals surface area contributed by atoms with Gasteiger partial charge < -0.3 is 20.4 Å². The van der Waals surface area contributed by atoms with E-state index in [9.17, 15) is 20.1 Å². The van der Waals surface area contributed by atoms with E-state index in [0.29, 0.717) is 5.39 Å². The quantitative estimate of drug-likeness (QED) is 0.668. The second-order valence-corrected chi connectivity index (χ2v) is 4.33. The van der Waals surface area contributed by atoms with Crippen LogP contribution < -0.4 is 0 Å². The largest absolute Gasteiger partial charge is 0.508 e. The number of aliphatic carboxylic acids is 1. The molecule has 4 N–H and O–H groups in total. The molecule has 100 valence electrons. The number of fused-ring (bicyclic) bond motifs is 1. The summed E-state index contributed by atoms with van der Waals surface area (Å²) in [5.41, 5.74) is 0.145. The van der Waals surface area contributed by atoms with Gasteiger partial charge in [0.25, 0.3) is 0 Å². The lowest BCUT2D eigenvalue weighted by Gasteiger charge is -2.19. The first-order chi connectivity index (χ1) is 9.00. The van der Waals surface area contributed by atoms with Gasteiger partial charge in [-0.2, -0.15) is 0 Å². The molecule has 19 heavy (non-hydrogen) atoms. The van der Waals surface area contributed by atoms with Crippen molar-refractivity contribution in [1.29, 1.82) is 0 Å². The van der Waals surface area contributed by atoms with E-state index in [-0.39, 0.29) is 11.3 Å². The first-order valence-corrected chi connectivity index (χ1v) is 5.79. The van der Waals surface area contributed by atoms with Crippen LogP contribution in [0.15, 0.2) is 36.4 Å². The molecule has 2 atom stereocenters. The van der Waals surface area contributed by atoms with Gasteiger partial charge >= 0.3 is 5.97 Å². The lowest BCUT2D eigenvalue weighted by atomic mass is 9.95. The van der Waals surface area contributed by atoms with Crippen molar-refractivity contribution < 1.29 is 25.2 Å². The average molecular weight is 262 g/mol. The fraction of sp³-hybridized carbons (Fsp3) is 0.214. The number of aromatic hydroxyl groups is 1. The molecular weight excluding hydrogens is 248 g/mol. The van der Waals surface area contributed by atoms with Crippen LogP contribution in [0, 0.1) is 0 Å². The maximum Gasteiger partial charge on any atom is 0.306 e. The number of carboxylic acid groups (broad SMARTS) is 1. The highest BCUT2D eigenvalue weighted by Gasteiger charge is 2.25. The summed E-state index contributed by atoms with van der Waals surface area (Å²) < 4.78 is 0. The predicted octanol–water partition coefficient (Wildman–Crippen LogP) is 1.41. The molecule has 5 nitrogen and oxygen atoms in total. The summed E-state index contributed by atoms with van der Waals surface area (Å²) in [6.45, 7) is 0. The number of phenols is 1. The Hall–Kier alpha value is -2.11. The highest BCUT2D eigenvalue weighted by atomic mass is 16.4. The van der Waals surface area contributed by atoms with E-state index in [0.717, 1.165) is 5.39 Å². The molecular formula is C14H14O5. The topological polar surface area (TPSA) is 98.0 Å². The first-order valence-electron chi connectivity index (χ1n) is 5.79. The minimum Gasteiger partial charge on any atom is -0.508 e. The molecule has 2 rings (SSSR count). The number of rotatable bonds is 4. The second kappa shape index (κ2) is 5.26. The van der Waals surface area contributed by atoms with Gasteiger partial charge in [-0.1, -0.05) is 30.3 Å². The molecule has 2 unspecified atom stereocenters. The van der Waals surface area contributed by atoms with Crippen LogP contribution in [0.25, 0.3) is 10.8 Å². The van der Waals surface area contributed by atoms with Gasteiger partial charge in [-0.15, -0.1) is 0 Å². The molecule has 0 spiro atoms. The monoisotopic (exact) mass is 262 g/mol. The average Bonchev–Trinajstić information content (AvgIpc) is 2.37. The molecule has 0 saturated heterocycles. The molecule has 0 amide bonds. The van der Waals surface area contributed by atoms with E-state index in [2.05, 4.69) is 0 Å². The van der Waals surface area contributed by atoms with Gasteiger partial charge in [0.2, 0.25) is 0 Å². The summed E-state index contributed by atoms with van der Waals surface area (Å²) in [5.74, 6) is -1.39. The standard InChI is InChI=1S/C14H14O5/c15-10-6-5-8-3-1-2-4-9(8)13(10)14(19)11(16)7-12(17)18/h1-6,11,14-16,19H,7H2,(H,17,18). The van der Waals surface area contributed by atoms with Gasteiger partial charge in [0.05, 0.1) is 12.5 Å². The Bertz CT molecular complexity index is 608. The third kappa shape index (κ3) is 2.67. The highest BCUT2D eigenvalue weighted by molar-refractivity contribution is 5.88. The highest BCUT2D eigenvalue weighted by Crippen LogP contribution is 2.34. The third-order valence-electron chi connectivity index (χ3n) is 2.99. The third-order valence-corrected chi connectivity index (χ3v) is 2.99. The van der Waals surface area contributed by atoms with Crippen LogP contribution in [-0.2, 0) is 4.79 Å². The van der Waals surface area contributed by atoms with E-state index < -0.39 is 24.6 Å². The van der Waals surface area contributed by atoms with Gasteiger partial charge in [-0.3, -0.25) is 4.79 Å². The van der Waals surface area contributed by atoms with Crippen molar-refractivity contribution in [2.24, 2.45) is 0 Å². The molecule has 0 aliphatic heterocycles. The number of hydrogen-bond donors (Lipinski definition) is 4. The van der Waals surface area contributed by atoms with Crippen LogP contribution in [0.3, 0.4) is 0 Å². The van der Waals surface area contributed by atoms with Crippen molar-refractivity contribution in [2.75, 3.05) is 0 Å². The first kappa shape index (κ1) is 13.3. The Morgan fingerprint density at radius 1 is 1.11 bits per heavy atom. The number of carboxylic acids is 1. The van der Waals surface area contributed by atoms with Gasteiger partial charge in [0.15, 0.2) is 0 Å². The van der Waals surface area contributed by atoms with Crippen molar-refractivity contribution in [2.45, 2.75) is 18.6 Å². The number of aliphatic hydroxyl groups is 2. The van der Waals surface area contributed by atoms with Gasteiger partial charge in [0.1, 0.15) is 11.9 Å². The summed E-state index contributed by atoms with van der Waals surface area (Å²) in [6, 6.07) is 10.1. The molecule has 0 radical (unpaired) electrons. The summed E-state index contributed by atoms with van der Waals surface area (Å²) in [5, 5.41) is 39.6. The zero-order valence-corrected chi connectivity index (χ0v) is 10.0. The van der Waals surface area contributed by atoms with Crippen molar-refractivity contribution >= 4 is 16.7 Å². The van der Waals surface area contributed by atoms with E-state index >= 15 is 0 Å². The molecule has 5 heteroatoms. The normalized spacial score (nSPS) is 14.2. The smallest absolute Gasteiger partial charge is 0.306 e. The van der Waals surface area contributed by atoms with Gasteiger partial charge in [-0.05, 0) is 16.8 Å². The Morgan fingerprint density at radius 2 is 1.79 bits per heavy atom. The van der Waals surface area contributed by atoms with Gasteiger partial charge in [-0.25, -0.2) is 0 Å². The molecule has 0 fully saturated rings. The number of carbonyl (C=O) groups is 1. The minimum atomic E-state index is -1.48. The van der Waals surface area contributed by atoms with E-state index in [1.807, 2.05) is 6.07 Å². The number of aliphatic hydroxyl groups excluding tert-OH is 2. The molecule has 0 heterocycles. The van der Waals surface area contributed by atoms with Crippen LogP contribution >= 0.6 is 0 Å². The zero-order valence-electron chi connectivity index (χ0n) is 10.0. The fourth-order valence-electron chi connectivity index (χ4n) is 2.08. The Kier molecular flexibility index (Phi) is 3.69. The SMILES string of the molecule is O=C(O)CC(O)C(O)c1c(O)ccc2ccccc12. The van der Waals surface area contributed by atoms with E-state index in [1.165, 1.54) is 6.07 Å². The molecule has 2 aromatic carbocycles. The minimum absolute atomic E-state index is 0.145. The van der Waals surface area contributed by atoms with Crippen LogP contribution in [0.4, 0.5) is 0 Å². The summed E-state index contributed by atoms with van der Waals surface area (Å²) >= 11 is 0. The van der Waals surface area contributed by atoms with Crippen LogP contribution in [0.5, 0.6) is 5.75 Å². The zero-order chi connectivity index (χ0) is 14.0. The van der Waals surface area contributed by atoms with Crippen molar-refractivity contribution in [3.05, 3.63) is 42.0 Å². The van der Waals surface area contributed by atoms with E-state index in [1.54, 1.807) is 24.3 Å². The molecule has 0 bridgehead atoms. The van der Waals surface area contributed by atoms with Gasteiger partial charge in [0, 0.05) is 5.56 Å². The predicted molar refractivity (Wildman–Crippen MR) is 68.8 cm³/mol. The van der Waals surface area contributed by atoms with E-state index in [4.69, 9.17) is 5.11 Å². The van der Waals surface area contributed by atoms with Crippen molar-refractivity contribution in [3.63, 3.8) is 0 Å². The molecule has 0 aromatic heterocycles. The lowest BCUT2D eigenvalue weighted by molar-refractivity contribution is -0.141. The summed E-state index contributed by atoms with van der Waals surface area (Å²) in [4.78, 5) is 10.6. The van der Waals surface area contributed by atoms with Crippen LogP contribution in [-0.4, -0.2) is 32.5 Å². The Labute approximate surface area is 109 Å². The molecule has 0 saturated carbocycles. The van der Waals surface area contributed by atoms with Crippen LogP contribution in [0.2, 0.25) is 0 Å². The lowest BCUT2D eigenvalue weighted by Crippen LogP contribution is -2.22. The maximum atomic E-state index is 10.6. The number of benzene rings is 2. The van der Waals surface area contributed by atoms with Crippen LogP contribution in [0.1, 0.15) is 18.1 Å². The molecule has 0 aliphatic carbocycles. The second-order valence-electron chi connectivity index (χ2n) is 4.33. The van der Waals surface area contributed by atoms with Crippen molar-refractivity contribution in [3.8, 4) is 5.75 Å². The Balaban J connectivity index is 2.48. The molecule has 0 aliphatic rings. The fourth-order valence-corrected chi connectivity index (χ4v) is 2.08. The van der Waals surface area contributed by atoms with Crippen molar-refractivity contribution in [1.82, 2.24) is 0 Å². The number of hydrogen-bond acceptors (Lipinski definition) is 4.